The fourth-order valence-electron chi connectivity index (χ4n) is 1.94. The van der Waals surface area contributed by atoms with Crippen LogP contribution < -0.4 is 5.32 Å². The number of nitrogens with zero attached hydrogens (tertiary/aromatic N) is 1. The molecule has 0 aliphatic heterocycles. The average Bonchev–Trinajstić information content (AvgIpc) is 2.14. The van der Waals surface area contributed by atoms with Crippen LogP contribution in [0.1, 0.15) is 25.7 Å². The van der Waals surface area contributed by atoms with Gasteiger partial charge in [-0.25, -0.2) is 0 Å². The second-order valence-electron chi connectivity index (χ2n) is 3.58. The summed E-state index contributed by atoms with van der Waals surface area (Å²) in [4.78, 5) is 0. The lowest BCUT2D eigenvalue weighted by atomic mass is 9.84. The van der Waals surface area contributed by atoms with Crippen LogP contribution in [0.25, 0.3) is 0 Å². The molecule has 1 saturated carbocycles. The number of nitrogens with one attached hydrogen (secondary N) is 1. The Labute approximate surface area is 81.1 Å². The van der Waals surface area contributed by atoms with Gasteiger partial charge in [-0.05, 0) is 12.8 Å². The van der Waals surface area contributed by atoms with Gasteiger partial charge in [-0.3, -0.25) is 0 Å². The van der Waals surface area contributed by atoms with E-state index in [1.807, 2.05) is 6.07 Å². The largest absolute Gasteiger partial charge is 0.393 e. The van der Waals surface area contributed by atoms with E-state index in [4.69, 9.17) is 5.26 Å². The molecule has 0 heterocycles. The highest BCUT2D eigenvalue weighted by atomic mass is 19.4. The van der Waals surface area contributed by atoms with Gasteiger partial charge in [-0.2, -0.15) is 18.4 Å². The van der Waals surface area contributed by atoms with Crippen molar-refractivity contribution in [1.29, 1.82) is 5.26 Å². The molecule has 0 amide bonds. The van der Waals surface area contributed by atoms with Gasteiger partial charge in [0.2, 0.25) is 0 Å². The van der Waals surface area contributed by atoms with Crippen LogP contribution in [0.15, 0.2) is 0 Å². The molecule has 0 aromatic rings. The van der Waals surface area contributed by atoms with Gasteiger partial charge in [-0.1, -0.05) is 12.8 Å². The van der Waals surface area contributed by atoms with Gasteiger partial charge in [0.25, 0.3) is 0 Å². The Morgan fingerprint density at radius 2 is 1.93 bits per heavy atom. The lowest BCUT2D eigenvalue weighted by Gasteiger charge is -2.33. The third kappa shape index (κ3) is 2.88. The van der Waals surface area contributed by atoms with Crippen LogP contribution in [-0.2, 0) is 0 Å². The number of nitriles is 1. The maximum absolute atomic E-state index is 12.5. The van der Waals surface area contributed by atoms with Crippen LogP contribution in [0.3, 0.4) is 0 Å². The average molecular weight is 206 g/mol. The predicted octanol–water partition coefficient (Wildman–Crippen LogP) is 2.22. The molecule has 5 heteroatoms. The Hall–Kier alpha value is -0.760. The summed E-state index contributed by atoms with van der Waals surface area (Å²) in [6.45, 7) is -0.00273. The van der Waals surface area contributed by atoms with Crippen molar-refractivity contribution < 1.29 is 13.2 Å². The van der Waals surface area contributed by atoms with E-state index in [0.717, 1.165) is 6.42 Å². The molecule has 1 fully saturated rings. The van der Waals surface area contributed by atoms with Crippen LogP contribution >= 0.6 is 0 Å². The molecule has 0 spiro atoms. The zero-order valence-electron chi connectivity index (χ0n) is 7.77. The van der Waals surface area contributed by atoms with Gasteiger partial charge in [0.05, 0.1) is 18.5 Å². The summed E-state index contributed by atoms with van der Waals surface area (Å²) in [6, 6.07) is 1.24. The number of rotatable bonds is 2. The van der Waals surface area contributed by atoms with Crippen molar-refractivity contribution in [2.45, 2.75) is 37.9 Å². The zero-order valence-corrected chi connectivity index (χ0v) is 7.77. The molecule has 2 nitrogen and oxygen atoms in total. The van der Waals surface area contributed by atoms with Crippen molar-refractivity contribution in [2.75, 3.05) is 6.54 Å². The van der Waals surface area contributed by atoms with Crippen molar-refractivity contribution in [3.8, 4) is 6.07 Å². The van der Waals surface area contributed by atoms with Crippen LogP contribution in [-0.4, -0.2) is 18.8 Å². The summed E-state index contributed by atoms with van der Waals surface area (Å²) >= 11 is 0. The first-order valence-electron chi connectivity index (χ1n) is 4.72. The van der Waals surface area contributed by atoms with E-state index in [1.54, 1.807) is 0 Å². The Kier molecular flexibility index (Phi) is 3.76. The minimum atomic E-state index is -4.13. The molecule has 14 heavy (non-hydrogen) atoms. The SMILES string of the molecule is N#CCN[C@H]1CCCC[C@H]1C(F)(F)F. The molecule has 1 rings (SSSR count). The summed E-state index contributed by atoms with van der Waals surface area (Å²) in [5.74, 6) is -1.27. The van der Waals surface area contributed by atoms with E-state index in [9.17, 15) is 13.2 Å². The molecule has 1 aliphatic carbocycles. The predicted molar refractivity (Wildman–Crippen MR) is 45.4 cm³/mol. The van der Waals surface area contributed by atoms with Crippen LogP contribution in [0.2, 0.25) is 0 Å². The Balaban J connectivity index is 2.56. The summed E-state index contributed by atoms with van der Waals surface area (Å²) in [5, 5.41) is 10.9. The summed E-state index contributed by atoms with van der Waals surface area (Å²) in [6.07, 6.45) is -1.98. The maximum atomic E-state index is 12.5. The fourth-order valence-corrected chi connectivity index (χ4v) is 1.94. The van der Waals surface area contributed by atoms with Crippen molar-refractivity contribution in [2.24, 2.45) is 5.92 Å². The number of hydrogen-bond donors (Lipinski definition) is 1. The van der Waals surface area contributed by atoms with Crippen LogP contribution in [0, 0.1) is 17.2 Å². The molecule has 0 aromatic heterocycles. The van der Waals surface area contributed by atoms with Gasteiger partial charge in [0.15, 0.2) is 0 Å². The molecule has 0 bridgehead atoms. The van der Waals surface area contributed by atoms with E-state index in [2.05, 4.69) is 5.32 Å². The molecule has 0 saturated heterocycles. The summed E-state index contributed by atoms with van der Waals surface area (Å²) in [7, 11) is 0. The molecule has 0 unspecified atom stereocenters. The molecule has 80 valence electrons. The van der Waals surface area contributed by atoms with Gasteiger partial charge in [0, 0.05) is 6.04 Å². The number of hydrogen-bond acceptors (Lipinski definition) is 2. The van der Waals surface area contributed by atoms with E-state index in [-0.39, 0.29) is 13.0 Å². The smallest absolute Gasteiger partial charge is 0.301 e. The number of alkyl halides is 3. The second-order valence-corrected chi connectivity index (χ2v) is 3.58. The van der Waals surface area contributed by atoms with Gasteiger partial charge in [-0.15, -0.1) is 0 Å². The lowest BCUT2D eigenvalue weighted by molar-refractivity contribution is -0.188. The Morgan fingerprint density at radius 3 is 2.50 bits per heavy atom. The molecular formula is C9H13F3N2. The quantitative estimate of drug-likeness (QED) is 0.703. The highest BCUT2D eigenvalue weighted by molar-refractivity contribution is 4.88. The first kappa shape index (κ1) is 11.3. The minimum absolute atomic E-state index is 0.00273. The number of halogens is 3. The maximum Gasteiger partial charge on any atom is 0.393 e. The molecule has 0 aromatic carbocycles. The van der Waals surface area contributed by atoms with Crippen molar-refractivity contribution in [3.05, 3.63) is 0 Å². The van der Waals surface area contributed by atoms with Crippen LogP contribution in [0.5, 0.6) is 0 Å². The first-order valence-corrected chi connectivity index (χ1v) is 4.72. The fraction of sp³-hybridized carbons (Fsp3) is 0.889. The summed E-state index contributed by atoms with van der Waals surface area (Å²) < 4.78 is 37.5. The van der Waals surface area contributed by atoms with Gasteiger partial charge >= 0.3 is 6.18 Å². The second kappa shape index (κ2) is 4.65. The molecule has 2 atom stereocenters. The van der Waals surface area contributed by atoms with E-state index >= 15 is 0 Å². The molecule has 0 radical (unpaired) electrons. The topological polar surface area (TPSA) is 35.8 Å². The third-order valence-electron chi connectivity index (χ3n) is 2.63. The van der Waals surface area contributed by atoms with Crippen molar-refractivity contribution in [1.82, 2.24) is 5.32 Å². The summed E-state index contributed by atoms with van der Waals surface area (Å²) in [5.41, 5.74) is 0. The van der Waals surface area contributed by atoms with Crippen molar-refractivity contribution >= 4 is 0 Å². The van der Waals surface area contributed by atoms with Crippen LogP contribution in [0.4, 0.5) is 13.2 Å². The van der Waals surface area contributed by atoms with E-state index in [0.29, 0.717) is 12.8 Å². The Bertz CT molecular complexity index is 219. The van der Waals surface area contributed by atoms with Gasteiger partial charge < -0.3 is 5.32 Å². The minimum Gasteiger partial charge on any atom is -0.301 e. The monoisotopic (exact) mass is 206 g/mol. The highest BCUT2D eigenvalue weighted by Gasteiger charge is 2.45. The van der Waals surface area contributed by atoms with Crippen molar-refractivity contribution in [3.63, 3.8) is 0 Å². The van der Waals surface area contributed by atoms with E-state index in [1.165, 1.54) is 0 Å². The molecule has 1 N–H and O–H groups in total. The normalized spacial score (nSPS) is 28.4. The molecule has 1 aliphatic rings. The Morgan fingerprint density at radius 1 is 1.29 bits per heavy atom. The lowest BCUT2D eigenvalue weighted by Crippen LogP contribution is -2.45. The first-order chi connectivity index (χ1) is 6.55. The standard InChI is InChI=1S/C9H13F3N2/c10-9(11,12)7-3-1-2-4-8(7)14-6-5-13/h7-8,14H,1-4,6H2/t7-,8+/m1/s1. The van der Waals surface area contributed by atoms with E-state index < -0.39 is 18.1 Å². The third-order valence-corrected chi connectivity index (χ3v) is 2.63. The molecular weight excluding hydrogens is 193 g/mol. The zero-order chi connectivity index (χ0) is 10.6. The van der Waals surface area contributed by atoms with Gasteiger partial charge in [0.1, 0.15) is 0 Å². The highest BCUT2D eigenvalue weighted by Crippen LogP contribution is 2.37.